The van der Waals surface area contributed by atoms with E-state index in [1.807, 2.05) is 65.8 Å². The largest absolute Gasteiger partial charge is 0.478 e. The second kappa shape index (κ2) is 13.9. The van der Waals surface area contributed by atoms with Gasteiger partial charge in [0.2, 0.25) is 0 Å². The number of Topliss-reactive ketones (excluding diaryl/α,β-unsaturated/α-hetero) is 1. The minimum atomic E-state index is -1.27. The van der Waals surface area contributed by atoms with Gasteiger partial charge in [-0.3, -0.25) is 4.79 Å². The van der Waals surface area contributed by atoms with Crippen LogP contribution < -0.4 is 0 Å². The lowest BCUT2D eigenvalue weighted by atomic mass is 9.52. The zero-order valence-electron chi connectivity index (χ0n) is 22.4. The molecule has 2 N–H and O–H groups in total. The van der Waals surface area contributed by atoms with Crippen LogP contribution >= 0.6 is 0 Å². The lowest BCUT2D eigenvalue weighted by molar-refractivity contribution is -0.146. The van der Waals surface area contributed by atoms with E-state index < -0.39 is 11.6 Å². The zero-order chi connectivity index (χ0) is 26.6. The Kier molecular flexibility index (Phi) is 11.9. The quantitative estimate of drug-likeness (QED) is 0.486. The Balaban J connectivity index is 0.000000684. The van der Waals surface area contributed by atoms with Gasteiger partial charge in [-0.2, -0.15) is 0 Å². The molecule has 2 aromatic rings. The molecular formula is C31H42O4. The Bertz CT molecular complexity index is 1020. The molecule has 0 spiro atoms. The van der Waals surface area contributed by atoms with E-state index in [-0.39, 0.29) is 22.7 Å². The summed E-state index contributed by atoms with van der Waals surface area (Å²) >= 11 is 0. The minimum Gasteiger partial charge on any atom is -0.478 e. The van der Waals surface area contributed by atoms with Gasteiger partial charge in [0.15, 0.2) is 5.78 Å². The Labute approximate surface area is 211 Å². The van der Waals surface area contributed by atoms with Crippen molar-refractivity contribution in [1.82, 2.24) is 0 Å². The average molecular weight is 479 g/mol. The number of benzene rings is 2. The molecule has 190 valence electrons. The number of aromatic carboxylic acids is 1. The third-order valence-electron chi connectivity index (χ3n) is 6.77. The number of aliphatic hydroxyl groups is 1. The summed E-state index contributed by atoms with van der Waals surface area (Å²) in [6, 6.07) is 15.4. The van der Waals surface area contributed by atoms with Gasteiger partial charge in [-0.25, -0.2) is 4.79 Å². The first-order valence-corrected chi connectivity index (χ1v) is 12.7. The van der Waals surface area contributed by atoms with Crippen molar-refractivity contribution in [2.45, 2.75) is 91.6 Å². The highest BCUT2D eigenvalue weighted by atomic mass is 16.4. The molecule has 3 unspecified atom stereocenters. The maximum Gasteiger partial charge on any atom is 0.335 e. The maximum absolute atomic E-state index is 12.8. The van der Waals surface area contributed by atoms with Gasteiger partial charge < -0.3 is 10.2 Å². The van der Waals surface area contributed by atoms with Crippen molar-refractivity contribution in [3.05, 3.63) is 70.8 Å². The summed E-state index contributed by atoms with van der Waals surface area (Å²) in [6.45, 7) is 13.3. The summed E-state index contributed by atoms with van der Waals surface area (Å²) < 4.78 is 0. The van der Waals surface area contributed by atoms with E-state index >= 15 is 0 Å². The molecule has 0 saturated heterocycles. The maximum atomic E-state index is 12.8. The number of carboxylic acid groups (broad SMARTS) is 1. The highest BCUT2D eigenvalue weighted by Crippen LogP contribution is 2.53. The topological polar surface area (TPSA) is 74.6 Å². The molecule has 2 aliphatic carbocycles. The monoisotopic (exact) mass is 478 g/mol. The number of fused-ring (bicyclic) bond motifs is 3. The van der Waals surface area contributed by atoms with Gasteiger partial charge in [-0.1, -0.05) is 64.1 Å². The number of carbonyl (C=O) groups is 2. The third-order valence-corrected chi connectivity index (χ3v) is 6.77. The molecule has 3 atom stereocenters. The van der Waals surface area contributed by atoms with Crippen LogP contribution in [0.25, 0.3) is 0 Å². The fourth-order valence-corrected chi connectivity index (χ4v) is 5.11. The molecule has 0 aromatic heterocycles. The van der Waals surface area contributed by atoms with Crippen LogP contribution in [0.3, 0.4) is 0 Å². The van der Waals surface area contributed by atoms with Gasteiger partial charge in [0, 0.05) is 11.8 Å². The highest BCUT2D eigenvalue weighted by Gasteiger charge is 2.54. The fraction of sp³-hybridized carbons (Fsp3) is 0.484. The first-order chi connectivity index (χ1) is 16.7. The minimum absolute atomic E-state index is 0.121. The lowest BCUT2D eigenvalue weighted by Crippen LogP contribution is -2.55. The second-order valence-corrected chi connectivity index (χ2v) is 8.81. The lowest BCUT2D eigenvalue weighted by Gasteiger charge is -2.51. The van der Waals surface area contributed by atoms with Crippen molar-refractivity contribution in [3.8, 4) is 11.8 Å². The summed E-state index contributed by atoms with van der Waals surface area (Å²) in [5.41, 5.74) is 1.89. The summed E-state index contributed by atoms with van der Waals surface area (Å²) in [6.07, 6.45) is 3.10. The van der Waals surface area contributed by atoms with Crippen LogP contribution in [-0.4, -0.2) is 27.6 Å². The molecule has 0 amide bonds. The molecule has 0 radical (unpaired) electrons. The van der Waals surface area contributed by atoms with Crippen molar-refractivity contribution in [1.29, 1.82) is 0 Å². The van der Waals surface area contributed by atoms with E-state index in [2.05, 4.69) is 24.0 Å². The number of ketones is 1. The predicted molar refractivity (Wildman–Crippen MR) is 144 cm³/mol. The number of rotatable bonds is 3. The Morgan fingerprint density at radius 2 is 1.63 bits per heavy atom. The third kappa shape index (κ3) is 7.05. The Morgan fingerprint density at radius 3 is 2.17 bits per heavy atom. The van der Waals surface area contributed by atoms with E-state index in [4.69, 9.17) is 0 Å². The van der Waals surface area contributed by atoms with Gasteiger partial charge in [-0.15, -0.1) is 11.8 Å². The molecule has 2 aromatic carbocycles. The molecule has 4 heteroatoms. The van der Waals surface area contributed by atoms with E-state index in [1.54, 1.807) is 19.1 Å². The fourth-order valence-electron chi connectivity index (χ4n) is 5.11. The molecule has 0 heterocycles. The standard InChI is InChI=1S/C23H24O4.C4H6.2C2H6/c1-22(27)13-18-9-7-16-11-17(21(25)26)8-10-19(16)23(18,14-20(22)24)12-15-5-3-2-4-6-15;1-3-4-2;2*1-2/h2-6,8,10-11,18,27H,7,9,12-14H2,1H3,(H,25,26);1-2H3;2*1-2H3. The SMILES string of the molecule is CC.CC.CC#CC.CC1(O)CC2CCc3cc(C(=O)O)ccc3C2(Cc2ccccc2)CC1=O. The molecule has 0 aliphatic heterocycles. The molecule has 4 rings (SSSR count). The molecule has 1 saturated carbocycles. The van der Waals surface area contributed by atoms with Crippen LogP contribution in [0.1, 0.15) is 94.8 Å². The van der Waals surface area contributed by atoms with Crippen LogP contribution in [0.2, 0.25) is 0 Å². The number of hydrogen-bond acceptors (Lipinski definition) is 3. The van der Waals surface area contributed by atoms with Gasteiger partial charge >= 0.3 is 5.97 Å². The van der Waals surface area contributed by atoms with Crippen molar-refractivity contribution in [2.75, 3.05) is 0 Å². The molecule has 1 fully saturated rings. The molecule has 0 bridgehead atoms. The van der Waals surface area contributed by atoms with Gasteiger partial charge in [0.25, 0.3) is 0 Å². The molecule has 4 nitrogen and oxygen atoms in total. The first-order valence-electron chi connectivity index (χ1n) is 12.7. The summed E-state index contributed by atoms with van der Waals surface area (Å²) in [5.74, 6) is 4.50. The van der Waals surface area contributed by atoms with Crippen LogP contribution in [0.15, 0.2) is 48.5 Å². The van der Waals surface area contributed by atoms with Gasteiger partial charge in [-0.05, 0) is 81.2 Å². The highest BCUT2D eigenvalue weighted by molar-refractivity contribution is 5.90. The number of carbonyl (C=O) groups excluding carboxylic acids is 1. The Morgan fingerprint density at radius 1 is 1.03 bits per heavy atom. The summed E-state index contributed by atoms with van der Waals surface area (Å²) in [4.78, 5) is 24.2. The zero-order valence-corrected chi connectivity index (χ0v) is 22.4. The van der Waals surface area contributed by atoms with Gasteiger partial charge in [0.05, 0.1) is 5.56 Å². The summed E-state index contributed by atoms with van der Waals surface area (Å²) in [5, 5.41) is 19.9. The second-order valence-electron chi connectivity index (χ2n) is 8.81. The van der Waals surface area contributed by atoms with Crippen molar-refractivity contribution in [3.63, 3.8) is 0 Å². The number of aryl methyl sites for hydroxylation is 1. The normalized spacial score (nSPS) is 23.7. The smallest absolute Gasteiger partial charge is 0.335 e. The van der Waals surface area contributed by atoms with E-state index in [1.165, 1.54) is 0 Å². The Hall–Kier alpha value is -2.90. The van der Waals surface area contributed by atoms with Crippen LogP contribution in [0, 0.1) is 17.8 Å². The summed E-state index contributed by atoms with van der Waals surface area (Å²) in [7, 11) is 0. The molecular weight excluding hydrogens is 436 g/mol. The van der Waals surface area contributed by atoms with Crippen LogP contribution in [0.4, 0.5) is 0 Å². The van der Waals surface area contributed by atoms with Crippen LogP contribution in [0.5, 0.6) is 0 Å². The number of carboxylic acids is 1. The average Bonchev–Trinajstić information content (AvgIpc) is 2.88. The van der Waals surface area contributed by atoms with E-state index in [9.17, 15) is 19.8 Å². The molecule has 35 heavy (non-hydrogen) atoms. The van der Waals surface area contributed by atoms with E-state index in [0.29, 0.717) is 12.8 Å². The first kappa shape index (κ1) is 30.1. The van der Waals surface area contributed by atoms with Crippen LogP contribution in [-0.2, 0) is 23.1 Å². The van der Waals surface area contributed by atoms with Crippen molar-refractivity contribution < 1.29 is 19.8 Å². The van der Waals surface area contributed by atoms with Crippen molar-refractivity contribution in [2.24, 2.45) is 5.92 Å². The predicted octanol–water partition coefficient (Wildman–Crippen LogP) is 6.62. The number of hydrogen-bond donors (Lipinski definition) is 2. The van der Waals surface area contributed by atoms with E-state index in [0.717, 1.165) is 36.0 Å². The van der Waals surface area contributed by atoms with Crippen molar-refractivity contribution >= 4 is 11.8 Å². The molecule has 2 aliphatic rings. The van der Waals surface area contributed by atoms with Gasteiger partial charge in [0.1, 0.15) is 5.60 Å².